The number of hydrogen-bond donors (Lipinski definition) is 0. The molecule has 0 aliphatic carbocycles. The molecule has 0 bridgehead atoms. The lowest BCUT2D eigenvalue weighted by Gasteiger charge is -2.25. The SMILES string of the molecule is COc1ccc([C@@H]2CC(=O)c3cc(OC)ccc3O2)cc1. The molecule has 1 heterocycles. The van der Waals surface area contributed by atoms with Crippen molar-refractivity contribution < 1.29 is 19.0 Å². The second kappa shape index (κ2) is 5.48. The van der Waals surface area contributed by atoms with Gasteiger partial charge in [-0.3, -0.25) is 4.79 Å². The molecule has 0 saturated heterocycles. The lowest BCUT2D eigenvalue weighted by atomic mass is 9.96. The standard InChI is InChI=1S/C17H16O4/c1-19-12-5-3-11(4-6-12)17-10-15(18)14-9-13(20-2)7-8-16(14)21-17/h3-9,17H,10H2,1-2H3/t17-/m0/s1. The number of rotatable bonds is 3. The molecule has 0 unspecified atom stereocenters. The molecular formula is C17H16O4. The van der Waals surface area contributed by atoms with Crippen LogP contribution in [0.25, 0.3) is 0 Å². The number of benzene rings is 2. The fourth-order valence-corrected chi connectivity index (χ4v) is 2.43. The van der Waals surface area contributed by atoms with Gasteiger partial charge in [0.2, 0.25) is 0 Å². The minimum absolute atomic E-state index is 0.0657. The Morgan fingerprint density at radius 3 is 2.33 bits per heavy atom. The zero-order valence-electron chi connectivity index (χ0n) is 12.0. The third-order valence-corrected chi connectivity index (χ3v) is 3.61. The minimum atomic E-state index is -0.260. The Hall–Kier alpha value is -2.49. The summed E-state index contributed by atoms with van der Waals surface area (Å²) in [7, 11) is 3.20. The van der Waals surface area contributed by atoms with E-state index in [2.05, 4.69) is 0 Å². The highest BCUT2D eigenvalue weighted by molar-refractivity contribution is 6.00. The molecule has 0 spiro atoms. The molecule has 0 fully saturated rings. The van der Waals surface area contributed by atoms with Crippen molar-refractivity contribution in [1.82, 2.24) is 0 Å². The zero-order chi connectivity index (χ0) is 14.8. The van der Waals surface area contributed by atoms with Gasteiger partial charge in [0.15, 0.2) is 5.78 Å². The second-order valence-corrected chi connectivity index (χ2v) is 4.87. The molecule has 0 N–H and O–H groups in total. The van der Waals surface area contributed by atoms with Gasteiger partial charge in [0, 0.05) is 0 Å². The molecule has 1 aliphatic rings. The number of hydrogen-bond acceptors (Lipinski definition) is 4. The van der Waals surface area contributed by atoms with E-state index in [4.69, 9.17) is 14.2 Å². The third-order valence-electron chi connectivity index (χ3n) is 3.61. The second-order valence-electron chi connectivity index (χ2n) is 4.87. The van der Waals surface area contributed by atoms with Crippen LogP contribution in [0.15, 0.2) is 42.5 Å². The lowest BCUT2D eigenvalue weighted by molar-refractivity contribution is 0.0849. The number of carbonyl (C=O) groups excluding carboxylic acids is 1. The largest absolute Gasteiger partial charge is 0.497 e. The van der Waals surface area contributed by atoms with E-state index < -0.39 is 0 Å². The number of ketones is 1. The van der Waals surface area contributed by atoms with Crippen molar-refractivity contribution in [2.24, 2.45) is 0 Å². The van der Waals surface area contributed by atoms with Gasteiger partial charge in [0.05, 0.1) is 26.2 Å². The number of methoxy groups -OCH3 is 2. The molecule has 0 saturated carbocycles. The van der Waals surface area contributed by atoms with E-state index in [1.807, 2.05) is 24.3 Å². The normalized spacial score (nSPS) is 16.9. The van der Waals surface area contributed by atoms with Crippen LogP contribution in [0.1, 0.15) is 28.4 Å². The molecule has 2 aromatic rings. The summed E-state index contributed by atoms with van der Waals surface area (Å²) in [6, 6.07) is 12.9. The van der Waals surface area contributed by atoms with Crippen molar-refractivity contribution in [1.29, 1.82) is 0 Å². The monoisotopic (exact) mass is 284 g/mol. The van der Waals surface area contributed by atoms with Crippen LogP contribution in [-0.4, -0.2) is 20.0 Å². The van der Waals surface area contributed by atoms with E-state index in [1.165, 1.54) is 0 Å². The Morgan fingerprint density at radius 2 is 1.67 bits per heavy atom. The highest BCUT2D eigenvalue weighted by atomic mass is 16.5. The smallest absolute Gasteiger partial charge is 0.170 e. The minimum Gasteiger partial charge on any atom is -0.497 e. The Balaban J connectivity index is 1.89. The molecule has 21 heavy (non-hydrogen) atoms. The highest BCUT2D eigenvalue weighted by Gasteiger charge is 2.28. The quantitative estimate of drug-likeness (QED) is 0.866. The first kappa shape index (κ1) is 13.5. The van der Waals surface area contributed by atoms with Gasteiger partial charge < -0.3 is 14.2 Å². The van der Waals surface area contributed by atoms with Gasteiger partial charge >= 0.3 is 0 Å². The summed E-state index contributed by atoms with van der Waals surface area (Å²) in [5.41, 5.74) is 1.55. The van der Waals surface area contributed by atoms with Crippen molar-refractivity contribution in [3.8, 4) is 17.2 Å². The fourth-order valence-electron chi connectivity index (χ4n) is 2.43. The van der Waals surface area contributed by atoms with E-state index in [1.54, 1.807) is 32.4 Å². The lowest BCUT2D eigenvalue weighted by Crippen LogP contribution is -2.20. The van der Waals surface area contributed by atoms with E-state index in [-0.39, 0.29) is 11.9 Å². The van der Waals surface area contributed by atoms with Crippen molar-refractivity contribution in [2.45, 2.75) is 12.5 Å². The first-order valence-electron chi connectivity index (χ1n) is 6.73. The van der Waals surface area contributed by atoms with Gasteiger partial charge in [-0.05, 0) is 35.9 Å². The maximum absolute atomic E-state index is 12.3. The average Bonchev–Trinajstić information content (AvgIpc) is 2.54. The molecule has 4 nitrogen and oxygen atoms in total. The number of fused-ring (bicyclic) bond motifs is 1. The first-order valence-corrected chi connectivity index (χ1v) is 6.73. The van der Waals surface area contributed by atoms with Crippen LogP contribution in [-0.2, 0) is 0 Å². The molecule has 0 radical (unpaired) electrons. The topological polar surface area (TPSA) is 44.8 Å². The summed E-state index contributed by atoms with van der Waals surface area (Å²) < 4.78 is 16.2. The molecule has 1 aliphatic heterocycles. The molecule has 4 heteroatoms. The van der Waals surface area contributed by atoms with Crippen LogP contribution in [0.3, 0.4) is 0 Å². The number of carbonyl (C=O) groups is 1. The number of Topliss-reactive ketones (excluding diaryl/α,β-unsaturated/α-hetero) is 1. The summed E-state index contributed by atoms with van der Waals surface area (Å²) in [6.07, 6.45) is 0.0660. The van der Waals surface area contributed by atoms with Gasteiger partial charge in [-0.2, -0.15) is 0 Å². The molecule has 1 atom stereocenters. The van der Waals surface area contributed by atoms with E-state index >= 15 is 0 Å². The summed E-state index contributed by atoms with van der Waals surface area (Å²) in [4.78, 5) is 12.3. The van der Waals surface area contributed by atoms with Gasteiger partial charge in [-0.1, -0.05) is 12.1 Å². The van der Waals surface area contributed by atoms with Crippen LogP contribution in [0.5, 0.6) is 17.2 Å². The van der Waals surface area contributed by atoms with Gasteiger partial charge in [-0.25, -0.2) is 0 Å². The van der Waals surface area contributed by atoms with Crippen LogP contribution < -0.4 is 14.2 Å². The van der Waals surface area contributed by atoms with Crippen LogP contribution in [0.2, 0.25) is 0 Å². The fraction of sp³-hybridized carbons (Fsp3) is 0.235. The third kappa shape index (κ3) is 2.57. The molecule has 2 aromatic carbocycles. The van der Waals surface area contributed by atoms with E-state index in [0.29, 0.717) is 23.5 Å². The van der Waals surface area contributed by atoms with Crippen molar-refractivity contribution in [3.63, 3.8) is 0 Å². The Kier molecular flexibility index (Phi) is 3.52. The van der Waals surface area contributed by atoms with Crippen molar-refractivity contribution >= 4 is 5.78 Å². The summed E-state index contributed by atoms with van der Waals surface area (Å²) >= 11 is 0. The highest BCUT2D eigenvalue weighted by Crippen LogP contribution is 2.36. The van der Waals surface area contributed by atoms with Crippen LogP contribution in [0, 0.1) is 0 Å². The molecule has 0 aromatic heterocycles. The summed E-state index contributed by atoms with van der Waals surface area (Å²) in [5.74, 6) is 2.11. The summed E-state index contributed by atoms with van der Waals surface area (Å²) in [5, 5.41) is 0. The average molecular weight is 284 g/mol. The maximum atomic E-state index is 12.3. The van der Waals surface area contributed by atoms with Gasteiger partial charge in [0.1, 0.15) is 23.4 Å². The molecular weight excluding hydrogens is 268 g/mol. The van der Waals surface area contributed by atoms with E-state index in [9.17, 15) is 4.79 Å². The predicted octanol–water partition coefficient (Wildman–Crippen LogP) is 3.41. The maximum Gasteiger partial charge on any atom is 0.170 e. The molecule has 0 amide bonds. The van der Waals surface area contributed by atoms with Crippen molar-refractivity contribution in [3.05, 3.63) is 53.6 Å². The van der Waals surface area contributed by atoms with Gasteiger partial charge in [0.25, 0.3) is 0 Å². The van der Waals surface area contributed by atoms with Crippen LogP contribution >= 0.6 is 0 Å². The first-order chi connectivity index (χ1) is 10.2. The van der Waals surface area contributed by atoms with Gasteiger partial charge in [-0.15, -0.1) is 0 Å². The summed E-state index contributed by atoms with van der Waals surface area (Å²) in [6.45, 7) is 0. The molecule has 108 valence electrons. The Bertz CT molecular complexity index is 661. The van der Waals surface area contributed by atoms with Crippen LogP contribution in [0.4, 0.5) is 0 Å². The zero-order valence-corrected chi connectivity index (χ0v) is 12.0. The predicted molar refractivity (Wildman–Crippen MR) is 78.3 cm³/mol. The number of ether oxygens (including phenoxy) is 3. The Morgan fingerprint density at radius 1 is 1.00 bits per heavy atom. The Labute approximate surface area is 123 Å². The van der Waals surface area contributed by atoms with Crippen molar-refractivity contribution in [2.75, 3.05) is 14.2 Å². The van der Waals surface area contributed by atoms with E-state index in [0.717, 1.165) is 11.3 Å². The molecule has 3 rings (SSSR count).